The van der Waals surface area contributed by atoms with Gasteiger partial charge in [0.15, 0.2) is 11.5 Å². The predicted molar refractivity (Wildman–Crippen MR) is 122 cm³/mol. The Bertz CT molecular complexity index is 1510. The molecule has 4 aromatic rings. The third-order valence-electron chi connectivity index (χ3n) is 6.24. The van der Waals surface area contributed by atoms with E-state index in [-0.39, 0.29) is 36.2 Å². The number of alkyl halides is 4. The highest BCUT2D eigenvalue weighted by atomic mass is 19.3. The summed E-state index contributed by atoms with van der Waals surface area (Å²) in [5, 5.41) is 2.80. The van der Waals surface area contributed by atoms with Gasteiger partial charge in [0.1, 0.15) is 22.9 Å². The Hall–Kier alpha value is -3.48. The SMILES string of the molecule is [2H]c1cc(-c2ccc3nc(C)n(CC(F)F)c3n2)c2c(N)nc(=N[C@@H]3CCN(CC)CC3(F)F)[nH]n12. The van der Waals surface area contributed by atoms with Crippen LogP contribution in [0.1, 0.15) is 20.5 Å². The molecule has 3 N–H and O–H groups in total. The maximum Gasteiger partial charge on any atom is 0.282 e. The van der Waals surface area contributed by atoms with Crippen LogP contribution in [0.4, 0.5) is 23.4 Å². The summed E-state index contributed by atoms with van der Waals surface area (Å²) in [6.45, 7) is 3.53. The minimum absolute atomic E-state index is 0.0303. The lowest BCUT2D eigenvalue weighted by molar-refractivity contribution is -0.0788. The highest BCUT2D eigenvalue weighted by Gasteiger charge is 2.44. The van der Waals surface area contributed by atoms with E-state index in [0.717, 1.165) is 0 Å². The highest BCUT2D eigenvalue weighted by Crippen LogP contribution is 2.30. The second-order valence-electron chi connectivity index (χ2n) is 8.57. The van der Waals surface area contributed by atoms with Crippen molar-refractivity contribution in [2.75, 3.05) is 25.4 Å². The molecule has 0 bridgehead atoms. The minimum atomic E-state index is -3.03. The summed E-state index contributed by atoms with van der Waals surface area (Å²) >= 11 is 0. The van der Waals surface area contributed by atoms with Gasteiger partial charge in [-0.05, 0) is 38.1 Å². The van der Waals surface area contributed by atoms with Gasteiger partial charge in [0.25, 0.3) is 12.3 Å². The number of H-pyrrole nitrogens is 1. The molecule has 0 spiro atoms. The number of hydrogen-bond donors (Lipinski definition) is 2. The molecule has 13 heteroatoms. The highest BCUT2D eigenvalue weighted by molar-refractivity contribution is 5.88. The van der Waals surface area contributed by atoms with Crippen LogP contribution in [0, 0.1) is 6.92 Å². The van der Waals surface area contributed by atoms with E-state index in [0.29, 0.717) is 41.2 Å². The summed E-state index contributed by atoms with van der Waals surface area (Å²) in [7, 11) is 0. The van der Waals surface area contributed by atoms with Crippen LogP contribution >= 0.6 is 0 Å². The number of piperidine rings is 1. The number of aromatic nitrogens is 6. The summed E-state index contributed by atoms with van der Waals surface area (Å²) in [5.74, 6) is -2.66. The second-order valence-corrected chi connectivity index (χ2v) is 8.57. The van der Waals surface area contributed by atoms with Crippen molar-refractivity contribution in [2.24, 2.45) is 4.99 Å². The van der Waals surface area contributed by atoms with E-state index in [1.165, 1.54) is 15.1 Å². The quantitative estimate of drug-likeness (QED) is 0.417. The Morgan fingerprint density at radius 1 is 1.29 bits per heavy atom. The summed E-state index contributed by atoms with van der Waals surface area (Å²) in [4.78, 5) is 18.8. The molecule has 0 saturated carbocycles. The van der Waals surface area contributed by atoms with Crippen LogP contribution in [0.2, 0.25) is 0 Å². The zero-order valence-electron chi connectivity index (χ0n) is 20.1. The van der Waals surface area contributed by atoms with E-state index in [2.05, 4.69) is 25.0 Å². The van der Waals surface area contributed by atoms with Crippen LogP contribution in [-0.2, 0) is 6.54 Å². The fraction of sp³-hybridized carbons (Fsp3) is 0.455. The number of nitrogens with one attached hydrogen (secondary N) is 1. The zero-order valence-corrected chi connectivity index (χ0v) is 19.1. The molecule has 1 saturated heterocycles. The molecule has 0 aliphatic carbocycles. The van der Waals surface area contributed by atoms with Crippen molar-refractivity contribution in [2.45, 2.75) is 45.2 Å². The standard InChI is InChI=1S/C22H25F4N9/c1-3-33-8-7-16(22(25,26)11-33)30-21-31-19(27)18-13(6-9-35(18)32-21)14-4-5-15-20(29-14)34(10-17(23)24)12(2)28-15/h4-6,9,16-17H,3,7-8,10-11H2,1-2H3,(H3,27,30,31,32)/t16-/m1/s1/i9D. The maximum absolute atomic E-state index is 14.6. The van der Waals surface area contributed by atoms with Gasteiger partial charge in [0.2, 0.25) is 5.62 Å². The first-order chi connectivity index (χ1) is 17.1. The van der Waals surface area contributed by atoms with E-state index in [1.807, 2.05) is 6.92 Å². The summed E-state index contributed by atoms with van der Waals surface area (Å²) < 4.78 is 66.5. The molecule has 0 unspecified atom stereocenters. The molecular formula is C22H25F4N9. The lowest BCUT2D eigenvalue weighted by atomic mass is 10.0. The minimum Gasteiger partial charge on any atom is -0.382 e. The third-order valence-corrected chi connectivity index (χ3v) is 6.24. The van der Waals surface area contributed by atoms with Gasteiger partial charge in [-0.3, -0.25) is 14.5 Å². The summed E-state index contributed by atoms with van der Waals surface area (Å²) in [6, 6.07) is 3.52. The van der Waals surface area contributed by atoms with Crippen molar-refractivity contribution in [1.29, 1.82) is 0 Å². The van der Waals surface area contributed by atoms with Crippen LogP contribution in [0.15, 0.2) is 29.4 Å². The largest absolute Gasteiger partial charge is 0.382 e. The molecule has 1 atom stereocenters. The molecule has 9 nitrogen and oxygen atoms in total. The van der Waals surface area contributed by atoms with Crippen molar-refractivity contribution >= 4 is 22.5 Å². The molecule has 0 aromatic carbocycles. The predicted octanol–water partition coefficient (Wildman–Crippen LogP) is 2.86. The van der Waals surface area contributed by atoms with E-state index in [4.69, 9.17) is 7.10 Å². The Kier molecular flexibility index (Phi) is 5.43. The Labute approximate surface area is 198 Å². The monoisotopic (exact) mass is 492 g/mol. The van der Waals surface area contributed by atoms with Gasteiger partial charge in [-0.2, -0.15) is 4.98 Å². The summed E-state index contributed by atoms with van der Waals surface area (Å²) in [6.07, 6.45) is -2.45. The van der Waals surface area contributed by atoms with Crippen LogP contribution < -0.4 is 11.4 Å². The van der Waals surface area contributed by atoms with Crippen LogP contribution in [0.25, 0.3) is 27.9 Å². The van der Waals surface area contributed by atoms with Crippen LogP contribution in [-0.4, -0.2) is 72.1 Å². The number of aryl methyl sites for hydroxylation is 1. The normalized spacial score (nSPS) is 19.8. The first kappa shape index (κ1) is 22.0. The molecule has 5 heterocycles. The second kappa shape index (κ2) is 8.63. The fourth-order valence-corrected chi connectivity index (χ4v) is 4.46. The van der Waals surface area contributed by atoms with Crippen molar-refractivity contribution in [3.8, 4) is 11.3 Å². The van der Waals surface area contributed by atoms with Gasteiger partial charge in [0.05, 0.1) is 20.2 Å². The molecule has 1 fully saturated rings. The van der Waals surface area contributed by atoms with Crippen LogP contribution in [0.3, 0.4) is 0 Å². The number of halogens is 4. The van der Waals surface area contributed by atoms with Crippen molar-refractivity contribution < 1.29 is 18.9 Å². The van der Waals surface area contributed by atoms with Gasteiger partial charge in [-0.25, -0.2) is 32.5 Å². The number of aromatic amines is 1. The van der Waals surface area contributed by atoms with Gasteiger partial charge in [-0.15, -0.1) is 0 Å². The van der Waals surface area contributed by atoms with E-state index >= 15 is 0 Å². The number of nitrogen functional groups attached to an aromatic ring is 1. The molecule has 1 aliphatic rings. The number of nitrogens with two attached hydrogens (primary N) is 1. The maximum atomic E-state index is 14.6. The number of rotatable bonds is 5. The van der Waals surface area contributed by atoms with E-state index < -0.39 is 24.9 Å². The average molecular weight is 493 g/mol. The fourth-order valence-electron chi connectivity index (χ4n) is 4.46. The number of hydrogen-bond acceptors (Lipinski definition) is 6. The first-order valence-corrected chi connectivity index (χ1v) is 11.2. The number of pyridine rings is 1. The van der Waals surface area contributed by atoms with Gasteiger partial charge in [-0.1, -0.05) is 6.92 Å². The number of likely N-dealkylation sites (tertiary alicyclic amines) is 1. The third kappa shape index (κ3) is 4.24. The number of fused-ring (bicyclic) bond motifs is 2. The first-order valence-electron chi connectivity index (χ1n) is 11.7. The van der Waals surface area contributed by atoms with E-state index in [1.54, 1.807) is 24.0 Å². The Morgan fingerprint density at radius 2 is 2.09 bits per heavy atom. The van der Waals surface area contributed by atoms with Crippen molar-refractivity contribution in [1.82, 2.24) is 34.0 Å². The molecule has 0 radical (unpaired) electrons. The molecular weight excluding hydrogens is 466 g/mol. The molecule has 5 rings (SSSR count). The Morgan fingerprint density at radius 3 is 2.80 bits per heavy atom. The van der Waals surface area contributed by atoms with Gasteiger partial charge < -0.3 is 10.3 Å². The van der Waals surface area contributed by atoms with Gasteiger partial charge in [0, 0.05) is 18.3 Å². The van der Waals surface area contributed by atoms with Crippen molar-refractivity contribution in [3.05, 3.63) is 35.8 Å². The topological polar surface area (TPSA) is 105 Å². The zero-order chi connectivity index (χ0) is 25.8. The van der Waals surface area contributed by atoms with Crippen molar-refractivity contribution in [3.63, 3.8) is 0 Å². The molecule has 4 aromatic heterocycles. The van der Waals surface area contributed by atoms with Gasteiger partial charge >= 0.3 is 0 Å². The summed E-state index contributed by atoms with van der Waals surface area (Å²) in [5.41, 5.74) is 7.93. The smallest absolute Gasteiger partial charge is 0.282 e. The molecule has 35 heavy (non-hydrogen) atoms. The molecule has 186 valence electrons. The lowest BCUT2D eigenvalue weighted by Crippen LogP contribution is -2.51. The average Bonchev–Trinajstić information content (AvgIpc) is 3.31. The van der Waals surface area contributed by atoms with E-state index in [9.17, 15) is 17.6 Å². The number of anilines is 1. The van der Waals surface area contributed by atoms with Crippen LogP contribution in [0.5, 0.6) is 0 Å². The Balaban J connectivity index is 1.59. The number of imidazole rings is 1. The molecule has 1 aliphatic heterocycles. The molecule has 0 amide bonds. The number of nitrogens with zero attached hydrogens (tertiary/aromatic N) is 7. The lowest BCUT2D eigenvalue weighted by Gasteiger charge is -2.35.